The first-order valence-electron chi connectivity index (χ1n) is 5.47. The van der Waals surface area contributed by atoms with Gasteiger partial charge in [-0.3, -0.25) is 9.59 Å². The summed E-state index contributed by atoms with van der Waals surface area (Å²) < 4.78 is 0. The van der Waals surface area contributed by atoms with Crippen molar-refractivity contribution in [2.75, 3.05) is 17.3 Å². The van der Waals surface area contributed by atoms with E-state index in [4.69, 9.17) is 10.4 Å². The second-order valence-electron chi connectivity index (χ2n) is 4.03. The lowest BCUT2D eigenvalue weighted by atomic mass is 9.97. The molecule has 2 aliphatic heterocycles. The summed E-state index contributed by atoms with van der Waals surface area (Å²) in [4.78, 5) is 35.5. The van der Waals surface area contributed by atoms with E-state index in [0.29, 0.717) is 5.75 Å². The quantitative estimate of drug-likeness (QED) is 0.500. The number of hydrogen-bond acceptors (Lipinski definition) is 6. The fourth-order valence-electron chi connectivity index (χ4n) is 2.06. The van der Waals surface area contributed by atoms with Gasteiger partial charge in [-0.2, -0.15) is 5.26 Å². The molecule has 2 saturated heterocycles. The first-order valence-corrected chi connectivity index (χ1v) is 7.67. The maximum Gasteiger partial charge on any atom is 0.337 e. The van der Waals surface area contributed by atoms with Gasteiger partial charge in [-0.25, -0.2) is 4.79 Å². The van der Waals surface area contributed by atoms with Crippen molar-refractivity contribution in [2.45, 2.75) is 17.5 Å². The molecule has 2 rings (SSSR count). The van der Waals surface area contributed by atoms with Crippen LogP contribution in [0.25, 0.3) is 0 Å². The molecule has 2 heterocycles. The zero-order valence-corrected chi connectivity index (χ0v) is 11.4. The van der Waals surface area contributed by atoms with Crippen molar-refractivity contribution < 1.29 is 19.5 Å². The minimum absolute atomic E-state index is 0.125. The summed E-state index contributed by atoms with van der Waals surface area (Å²) in [6.45, 7) is 0. The Bertz CT molecular complexity index is 464. The molecule has 0 aromatic heterocycles. The van der Waals surface area contributed by atoms with E-state index in [1.54, 1.807) is 0 Å². The predicted octanol–water partition coefficient (Wildman–Crippen LogP) is -0.904. The fourth-order valence-corrected chi connectivity index (χ4v) is 3.81. The van der Waals surface area contributed by atoms with Crippen LogP contribution in [0.3, 0.4) is 0 Å². The molecule has 9 heteroatoms. The number of nitrogens with zero attached hydrogens (tertiary/aromatic N) is 2. The van der Waals surface area contributed by atoms with E-state index < -0.39 is 17.4 Å². The van der Waals surface area contributed by atoms with Crippen molar-refractivity contribution in [2.24, 2.45) is 0 Å². The van der Waals surface area contributed by atoms with Crippen LogP contribution < -0.4 is 5.32 Å². The molecule has 2 amide bonds. The van der Waals surface area contributed by atoms with Crippen molar-refractivity contribution in [1.29, 1.82) is 5.26 Å². The Balaban J connectivity index is 1.85. The minimum atomic E-state index is -1.03. The van der Waals surface area contributed by atoms with Gasteiger partial charge < -0.3 is 15.3 Å². The summed E-state index contributed by atoms with van der Waals surface area (Å²) in [5.74, 6) is -0.824. The predicted molar refractivity (Wildman–Crippen MR) is 69.4 cm³/mol. The molecule has 0 aromatic carbocycles. The molecular formula is C10H11N3O4S2. The summed E-state index contributed by atoms with van der Waals surface area (Å²) in [6, 6.07) is 1.06. The lowest BCUT2D eigenvalue weighted by Gasteiger charge is -2.43. The van der Waals surface area contributed by atoms with Gasteiger partial charge in [0.15, 0.2) is 5.37 Å². The standard InChI is InChI=1S/C10H11N3O4S2/c11-1-2-18-4-6(14)12-7-5-3-19-9(10(16)17)13(5)8(7)15/h5,7,9H,2-4H2,(H,12,14)(H,16,17). The lowest BCUT2D eigenvalue weighted by molar-refractivity contribution is -0.159. The number of carboxylic acids is 1. The molecule has 2 fully saturated rings. The van der Waals surface area contributed by atoms with Gasteiger partial charge in [0, 0.05) is 5.75 Å². The highest BCUT2D eigenvalue weighted by Gasteiger charge is 2.57. The molecule has 0 bridgehead atoms. The van der Waals surface area contributed by atoms with Gasteiger partial charge in [0.05, 0.1) is 23.6 Å². The molecule has 0 spiro atoms. The third kappa shape index (κ3) is 2.64. The second-order valence-corrected chi connectivity index (χ2v) is 6.13. The van der Waals surface area contributed by atoms with Gasteiger partial charge in [0.2, 0.25) is 11.8 Å². The Hall–Kier alpha value is -1.40. The van der Waals surface area contributed by atoms with Crippen LogP contribution in [0.2, 0.25) is 0 Å². The molecule has 0 radical (unpaired) electrons. The number of amides is 2. The fraction of sp³-hybridized carbons (Fsp3) is 0.600. The highest BCUT2D eigenvalue weighted by molar-refractivity contribution is 8.00. The zero-order chi connectivity index (χ0) is 14.0. The van der Waals surface area contributed by atoms with Gasteiger partial charge in [0.25, 0.3) is 0 Å². The topological polar surface area (TPSA) is 111 Å². The third-order valence-corrected chi connectivity index (χ3v) is 4.95. The van der Waals surface area contributed by atoms with E-state index in [-0.39, 0.29) is 29.4 Å². The molecule has 3 atom stereocenters. The Kier molecular flexibility index (Phi) is 4.21. The number of carboxylic acid groups (broad SMARTS) is 1. The largest absolute Gasteiger partial charge is 0.479 e. The van der Waals surface area contributed by atoms with Crippen LogP contribution in [0.4, 0.5) is 0 Å². The zero-order valence-electron chi connectivity index (χ0n) is 9.74. The molecule has 0 aliphatic carbocycles. The normalized spacial score (nSPS) is 28.3. The number of carbonyl (C=O) groups excluding carboxylic acids is 2. The number of carbonyl (C=O) groups is 3. The number of thioether (sulfide) groups is 2. The second kappa shape index (κ2) is 5.71. The average Bonchev–Trinajstić information content (AvgIpc) is 2.77. The van der Waals surface area contributed by atoms with Crippen molar-refractivity contribution in [3.63, 3.8) is 0 Å². The summed E-state index contributed by atoms with van der Waals surface area (Å²) >= 11 is 2.36. The molecular weight excluding hydrogens is 290 g/mol. The lowest BCUT2D eigenvalue weighted by Crippen LogP contribution is -2.71. The number of hydrogen-bond donors (Lipinski definition) is 2. The number of nitrogens with one attached hydrogen (secondary N) is 1. The smallest absolute Gasteiger partial charge is 0.337 e. The Morgan fingerprint density at radius 3 is 3.00 bits per heavy atom. The Morgan fingerprint density at radius 2 is 2.37 bits per heavy atom. The molecule has 2 N–H and O–H groups in total. The van der Waals surface area contributed by atoms with Crippen LogP contribution in [0, 0.1) is 11.3 Å². The van der Waals surface area contributed by atoms with Crippen molar-refractivity contribution in [3.05, 3.63) is 0 Å². The van der Waals surface area contributed by atoms with Crippen molar-refractivity contribution in [3.8, 4) is 6.07 Å². The molecule has 3 unspecified atom stereocenters. The SMILES string of the molecule is N#CCSCC(=O)NC1C(=O)N2C(C(=O)O)SCC12. The number of nitriles is 1. The van der Waals surface area contributed by atoms with E-state index >= 15 is 0 Å². The summed E-state index contributed by atoms with van der Waals surface area (Å²) in [6.07, 6.45) is 0. The van der Waals surface area contributed by atoms with E-state index in [2.05, 4.69) is 5.32 Å². The molecule has 0 saturated carbocycles. The van der Waals surface area contributed by atoms with Gasteiger partial charge in [-0.05, 0) is 0 Å². The maximum atomic E-state index is 11.8. The van der Waals surface area contributed by atoms with Gasteiger partial charge in [0.1, 0.15) is 6.04 Å². The van der Waals surface area contributed by atoms with E-state index in [1.165, 1.54) is 28.4 Å². The average molecular weight is 301 g/mol. The van der Waals surface area contributed by atoms with Crippen LogP contribution in [0.15, 0.2) is 0 Å². The molecule has 0 aromatic rings. The molecule has 7 nitrogen and oxygen atoms in total. The third-order valence-electron chi connectivity index (χ3n) is 2.87. The van der Waals surface area contributed by atoms with E-state index in [0.717, 1.165) is 0 Å². The Morgan fingerprint density at radius 1 is 1.63 bits per heavy atom. The summed E-state index contributed by atoms with van der Waals surface area (Å²) in [7, 11) is 0. The summed E-state index contributed by atoms with van der Waals surface area (Å²) in [5, 5.41) is 19.0. The van der Waals surface area contributed by atoms with E-state index in [9.17, 15) is 14.4 Å². The van der Waals surface area contributed by atoms with Crippen molar-refractivity contribution >= 4 is 41.3 Å². The van der Waals surface area contributed by atoms with Crippen molar-refractivity contribution in [1.82, 2.24) is 10.2 Å². The van der Waals surface area contributed by atoms with Gasteiger partial charge >= 0.3 is 5.97 Å². The van der Waals surface area contributed by atoms with Crippen LogP contribution in [0.1, 0.15) is 0 Å². The van der Waals surface area contributed by atoms with Gasteiger partial charge in [-0.1, -0.05) is 0 Å². The molecule has 2 aliphatic rings. The minimum Gasteiger partial charge on any atom is -0.479 e. The number of aliphatic carboxylic acids is 1. The first kappa shape index (κ1) is 14.0. The number of rotatable bonds is 5. The maximum absolute atomic E-state index is 11.8. The van der Waals surface area contributed by atoms with Gasteiger partial charge in [-0.15, -0.1) is 23.5 Å². The summed E-state index contributed by atoms with van der Waals surface area (Å²) in [5.41, 5.74) is 0. The Labute approximate surface area is 117 Å². The van der Waals surface area contributed by atoms with E-state index in [1.807, 2.05) is 6.07 Å². The number of fused-ring (bicyclic) bond motifs is 1. The van der Waals surface area contributed by atoms with Crippen LogP contribution in [0.5, 0.6) is 0 Å². The van der Waals surface area contributed by atoms with Crippen LogP contribution >= 0.6 is 23.5 Å². The molecule has 19 heavy (non-hydrogen) atoms. The number of β-lactam (4-membered cyclic amide) rings is 1. The first-order chi connectivity index (χ1) is 9.06. The van der Waals surface area contributed by atoms with Crippen LogP contribution in [-0.4, -0.2) is 62.5 Å². The molecule has 102 valence electrons. The highest BCUT2D eigenvalue weighted by atomic mass is 32.2. The highest BCUT2D eigenvalue weighted by Crippen LogP contribution is 2.38. The monoisotopic (exact) mass is 301 g/mol. The van der Waals surface area contributed by atoms with Crippen LogP contribution in [-0.2, 0) is 14.4 Å².